The fraction of sp³-hybridized carbons (Fsp3) is 0.250. The van der Waals surface area contributed by atoms with Crippen LogP contribution in [0.5, 0.6) is 11.5 Å². The maximum Gasteiger partial charge on any atom is 0.147 e. The summed E-state index contributed by atoms with van der Waals surface area (Å²) in [6.45, 7) is 2.14. The highest BCUT2D eigenvalue weighted by molar-refractivity contribution is 6.43. The molecular formula is C16H16Cl3NO. The lowest BCUT2D eigenvalue weighted by Gasteiger charge is -2.15. The Labute approximate surface area is 140 Å². The molecule has 0 bridgehead atoms. The van der Waals surface area contributed by atoms with Crippen LogP contribution in [0.2, 0.25) is 15.1 Å². The molecule has 0 fully saturated rings. The van der Waals surface area contributed by atoms with Gasteiger partial charge in [-0.25, -0.2) is 0 Å². The number of rotatable bonds is 5. The predicted molar refractivity (Wildman–Crippen MR) is 90.1 cm³/mol. The molecule has 2 rings (SSSR count). The second kappa shape index (κ2) is 7.37. The van der Waals surface area contributed by atoms with Crippen molar-refractivity contribution in [2.75, 3.05) is 7.05 Å². The Morgan fingerprint density at radius 1 is 1.00 bits per heavy atom. The highest BCUT2D eigenvalue weighted by Crippen LogP contribution is 2.36. The molecule has 0 heterocycles. The van der Waals surface area contributed by atoms with Crippen LogP contribution in [0.3, 0.4) is 0 Å². The first kappa shape index (κ1) is 16.4. The molecule has 0 aliphatic carbocycles. The van der Waals surface area contributed by atoms with Crippen molar-refractivity contribution >= 4 is 34.8 Å². The van der Waals surface area contributed by atoms with Crippen molar-refractivity contribution in [3.05, 3.63) is 57.0 Å². The van der Waals surface area contributed by atoms with Gasteiger partial charge in [-0.1, -0.05) is 53.9 Å². The fourth-order valence-corrected chi connectivity index (χ4v) is 2.66. The summed E-state index contributed by atoms with van der Waals surface area (Å²) < 4.78 is 5.75. The molecule has 0 radical (unpaired) electrons. The molecule has 0 spiro atoms. The zero-order valence-electron chi connectivity index (χ0n) is 11.8. The van der Waals surface area contributed by atoms with Crippen molar-refractivity contribution in [1.29, 1.82) is 0 Å². The summed E-state index contributed by atoms with van der Waals surface area (Å²) >= 11 is 18.0. The first-order valence-corrected chi connectivity index (χ1v) is 7.78. The lowest BCUT2D eigenvalue weighted by atomic mass is 10.0. The molecule has 1 atom stereocenters. The van der Waals surface area contributed by atoms with E-state index in [4.69, 9.17) is 39.5 Å². The van der Waals surface area contributed by atoms with Crippen LogP contribution in [0, 0.1) is 0 Å². The van der Waals surface area contributed by atoms with Crippen molar-refractivity contribution in [3.63, 3.8) is 0 Å². The standard InChI is InChI=1S/C16H16Cl3NO/c1-3-15(20-2)10-4-6-11(7-5-10)21-16-9-13(18)12(17)8-14(16)19/h4-9,15,20H,3H2,1-2H3. The highest BCUT2D eigenvalue weighted by atomic mass is 35.5. The Morgan fingerprint density at radius 2 is 1.62 bits per heavy atom. The van der Waals surface area contributed by atoms with E-state index in [2.05, 4.69) is 12.2 Å². The van der Waals surface area contributed by atoms with Gasteiger partial charge in [0.15, 0.2) is 0 Å². The van der Waals surface area contributed by atoms with E-state index < -0.39 is 0 Å². The minimum Gasteiger partial charge on any atom is -0.456 e. The van der Waals surface area contributed by atoms with E-state index in [9.17, 15) is 0 Å². The third-order valence-corrected chi connectivity index (χ3v) is 4.26. The monoisotopic (exact) mass is 343 g/mol. The largest absolute Gasteiger partial charge is 0.456 e. The van der Waals surface area contributed by atoms with E-state index in [1.165, 1.54) is 5.56 Å². The molecule has 0 aliphatic rings. The van der Waals surface area contributed by atoms with E-state index in [0.717, 1.165) is 6.42 Å². The third kappa shape index (κ3) is 4.04. The van der Waals surface area contributed by atoms with Crippen LogP contribution in [0.1, 0.15) is 24.9 Å². The summed E-state index contributed by atoms with van der Waals surface area (Å²) in [6, 6.07) is 11.4. The molecule has 1 N–H and O–H groups in total. The summed E-state index contributed by atoms with van der Waals surface area (Å²) in [7, 11) is 1.95. The highest BCUT2D eigenvalue weighted by Gasteiger charge is 2.10. The number of halogens is 3. The van der Waals surface area contributed by atoms with Crippen LogP contribution in [-0.2, 0) is 0 Å². The Morgan fingerprint density at radius 3 is 2.19 bits per heavy atom. The Kier molecular flexibility index (Phi) is 5.77. The van der Waals surface area contributed by atoms with Crippen LogP contribution in [0.4, 0.5) is 0 Å². The maximum atomic E-state index is 6.10. The molecule has 21 heavy (non-hydrogen) atoms. The average molecular weight is 345 g/mol. The molecule has 0 saturated heterocycles. The van der Waals surface area contributed by atoms with Crippen molar-refractivity contribution in [3.8, 4) is 11.5 Å². The van der Waals surface area contributed by atoms with Gasteiger partial charge < -0.3 is 10.1 Å². The zero-order valence-corrected chi connectivity index (χ0v) is 14.1. The van der Waals surface area contributed by atoms with E-state index in [0.29, 0.717) is 32.6 Å². The number of ether oxygens (including phenoxy) is 1. The normalized spacial score (nSPS) is 12.2. The molecule has 0 aromatic heterocycles. The molecule has 0 aliphatic heterocycles. The summed E-state index contributed by atoms with van der Waals surface area (Å²) in [5.74, 6) is 1.18. The summed E-state index contributed by atoms with van der Waals surface area (Å²) in [6.07, 6.45) is 1.02. The molecule has 112 valence electrons. The van der Waals surface area contributed by atoms with Gasteiger partial charge in [-0.05, 0) is 37.2 Å². The molecule has 0 amide bonds. The average Bonchev–Trinajstić information content (AvgIpc) is 2.48. The number of nitrogens with one attached hydrogen (secondary N) is 1. The third-order valence-electron chi connectivity index (χ3n) is 3.24. The second-order valence-electron chi connectivity index (χ2n) is 4.62. The summed E-state index contributed by atoms with van der Waals surface area (Å²) in [5.41, 5.74) is 1.22. The first-order chi connectivity index (χ1) is 10.0. The molecule has 2 aromatic carbocycles. The predicted octanol–water partition coefficient (Wildman–Crippen LogP) is 6.11. The first-order valence-electron chi connectivity index (χ1n) is 6.64. The Bertz CT molecular complexity index is 610. The van der Waals surface area contributed by atoms with Crippen molar-refractivity contribution in [2.45, 2.75) is 19.4 Å². The Balaban J connectivity index is 2.19. The van der Waals surface area contributed by atoms with Crippen molar-refractivity contribution < 1.29 is 4.74 Å². The van der Waals surface area contributed by atoms with Gasteiger partial charge in [0.2, 0.25) is 0 Å². The topological polar surface area (TPSA) is 21.3 Å². The van der Waals surface area contributed by atoms with Crippen molar-refractivity contribution in [1.82, 2.24) is 5.32 Å². The molecule has 0 saturated carbocycles. The number of hydrogen-bond acceptors (Lipinski definition) is 2. The smallest absolute Gasteiger partial charge is 0.147 e. The van der Waals surface area contributed by atoms with Crippen LogP contribution in [0.25, 0.3) is 0 Å². The van der Waals surface area contributed by atoms with E-state index in [1.807, 2.05) is 31.3 Å². The lowest BCUT2D eigenvalue weighted by molar-refractivity contribution is 0.482. The van der Waals surface area contributed by atoms with Gasteiger partial charge in [-0.2, -0.15) is 0 Å². The van der Waals surface area contributed by atoms with Crippen LogP contribution >= 0.6 is 34.8 Å². The quantitative estimate of drug-likeness (QED) is 0.661. The molecule has 5 heteroatoms. The number of hydrogen-bond donors (Lipinski definition) is 1. The summed E-state index contributed by atoms with van der Waals surface area (Å²) in [5, 5.41) is 4.51. The van der Waals surface area contributed by atoms with E-state index >= 15 is 0 Å². The fourth-order valence-electron chi connectivity index (χ4n) is 2.08. The van der Waals surface area contributed by atoms with Gasteiger partial charge in [0.05, 0.1) is 15.1 Å². The molecule has 2 aromatic rings. The van der Waals surface area contributed by atoms with Gasteiger partial charge in [0, 0.05) is 12.1 Å². The molecule has 2 nitrogen and oxygen atoms in total. The van der Waals surface area contributed by atoms with Crippen LogP contribution < -0.4 is 10.1 Å². The zero-order chi connectivity index (χ0) is 15.4. The molecular weight excluding hydrogens is 329 g/mol. The minimum atomic E-state index is 0.340. The minimum absolute atomic E-state index is 0.340. The van der Waals surface area contributed by atoms with Crippen molar-refractivity contribution in [2.24, 2.45) is 0 Å². The van der Waals surface area contributed by atoms with Gasteiger partial charge in [0.1, 0.15) is 11.5 Å². The maximum absolute atomic E-state index is 6.10. The van der Waals surface area contributed by atoms with E-state index in [1.54, 1.807) is 12.1 Å². The second-order valence-corrected chi connectivity index (χ2v) is 5.84. The lowest BCUT2D eigenvalue weighted by Crippen LogP contribution is -2.14. The van der Waals surface area contributed by atoms with Gasteiger partial charge >= 0.3 is 0 Å². The summed E-state index contributed by atoms with van der Waals surface area (Å²) in [4.78, 5) is 0. The number of benzene rings is 2. The Hall–Kier alpha value is -0.930. The van der Waals surface area contributed by atoms with Gasteiger partial charge in [0.25, 0.3) is 0 Å². The van der Waals surface area contributed by atoms with Crippen LogP contribution in [-0.4, -0.2) is 7.05 Å². The SMILES string of the molecule is CCC(NC)c1ccc(Oc2cc(Cl)c(Cl)cc2Cl)cc1. The van der Waals surface area contributed by atoms with Gasteiger partial charge in [-0.3, -0.25) is 0 Å². The molecule has 1 unspecified atom stereocenters. The van der Waals surface area contributed by atoms with Crippen LogP contribution in [0.15, 0.2) is 36.4 Å². The van der Waals surface area contributed by atoms with E-state index in [-0.39, 0.29) is 0 Å². The van der Waals surface area contributed by atoms with Gasteiger partial charge in [-0.15, -0.1) is 0 Å².